The van der Waals surface area contributed by atoms with Crippen LogP contribution in [-0.2, 0) is 23.8 Å². The summed E-state index contributed by atoms with van der Waals surface area (Å²) in [4.78, 5) is 24.3. The molecule has 0 N–H and O–H groups in total. The molecule has 2 unspecified atom stereocenters. The third kappa shape index (κ3) is 10.5. The maximum atomic E-state index is 12.2. The van der Waals surface area contributed by atoms with Gasteiger partial charge in [-0.2, -0.15) is 0 Å². The summed E-state index contributed by atoms with van der Waals surface area (Å²) in [6.45, 7) is 13.8. The third-order valence-corrected chi connectivity index (χ3v) is 7.68. The Bertz CT molecular complexity index is 864. The van der Waals surface area contributed by atoms with Crippen molar-refractivity contribution in [2.75, 3.05) is 26.9 Å². The normalized spacial score (nSPS) is 19.0. The molecule has 5 nitrogen and oxygen atoms in total. The fraction of sp³-hybridized carbons (Fsp3) is 0.625. The van der Waals surface area contributed by atoms with Crippen LogP contribution in [0.2, 0.25) is 0 Å². The molecule has 1 aromatic rings. The van der Waals surface area contributed by atoms with E-state index in [0.717, 1.165) is 11.5 Å². The van der Waals surface area contributed by atoms with Gasteiger partial charge in [-0.15, -0.1) is 0 Å². The lowest BCUT2D eigenvalue weighted by Gasteiger charge is -2.30. The zero-order chi connectivity index (χ0) is 27.2. The van der Waals surface area contributed by atoms with Gasteiger partial charge in [-0.3, -0.25) is 0 Å². The monoisotopic (exact) mass is 512 g/mol. The number of carbonyl (C=O) groups excluding carboxylic acids is 2. The van der Waals surface area contributed by atoms with Crippen molar-refractivity contribution in [1.82, 2.24) is 0 Å². The Balaban J connectivity index is 2.14. The SMILES string of the molecule is C=C(C)C(=O)OCC(CCOC)C(COC(=O)C(=C)C)c1ccc(C2CCC(CCCCC)CC2)cc1. The number of methoxy groups -OCH3 is 1. The molecule has 1 aliphatic carbocycles. The van der Waals surface area contributed by atoms with Gasteiger partial charge in [0.1, 0.15) is 0 Å². The van der Waals surface area contributed by atoms with Crippen LogP contribution in [0, 0.1) is 11.8 Å². The highest BCUT2D eigenvalue weighted by Crippen LogP contribution is 2.38. The van der Waals surface area contributed by atoms with Crippen LogP contribution in [0.1, 0.15) is 102 Å². The smallest absolute Gasteiger partial charge is 0.333 e. The molecule has 206 valence electrons. The number of unbranched alkanes of at least 4 members (excludes halogenated alkanes) is 2. The van der Waals surface area contributed by atoms with E-state index in [1.54, 1.807) is 21.0 Å². The van der Waals surface area contributed by atoms with Crippen LogP contribution in [0.15, 0.2) is 48.6 Å². The van der Waals surface area contributed by atoms with Gasteiger partial charge < -0.3 is 14.2 Å². The molecule has 1 fully saturated rings. The van der Waals surface area contributed by atoms with Crippen molar-refractivity contribution in [3.63, 3.8) is 0 Å². The lowest BCUT2D eigenvalue weighted by molar-refractivity contribution is -0.143. The highest BCUT2D eigenvalue weighted by Gasteiger charge is 2.28. The molecule has 0 amide bonds. The first-order chi connectivity index (χ1) is 17.8. The zero-order valence-corrected chi connectivity index (χ0v) is 23.6. The summed E-state index contributed by atoms with van der Waals surface area (Å²) in [6, 6.07) is 8.78. The molecule has 37 heavy (non-hydrogen) atoms. The van der Waals surface area contributed by atoms with Crippen LogP contribution in [0.4, 0.5) is 0 Å². The van der Waals surface area contributed by atoms with Crippen LogP contribution in [0.3, 0.4) is 0 Å². The Labute approximate surface area is 224 Å². The molecule has 0 radical (unpaired) electrons. The lowest BCUT2D eigenvalue weighted by Crippen LogP contribution is -2.27. The zero-order valence-electron chi connectivity index (χ0n) is 23.6. The second-order valence-electron chi connectivity index (χ2n) is 10.8. The van der Waals surface area contributed by atoms with Gasteiger partial charge in [0.05, 0.1) is 13.2 Å². The van der Waals surface area contributed by atoms with Gasteiger partial charge in [0, 0.05) is 36.7 Å². The van der Waals surface area contributed by atoms with Gasteiger partial charge in [0.25, 0.3) is 0 Å². The number of esters is 2. The predicted octanol–water partition coefficient (Wildman–Crippen LogP) is 7.52. The summed E-state index contributed by atoms with van der Waals surface area (Å²) in [5.74, 6) is 0.447. The van der Waals surface area contributed by atoms with Crippen LogP contribution in [-0.4, -0.2) is 38.9 Å². The summed E-state index contributed by atoms with van der Waals surface area (Å²) < 4.78 is 16.5. The number of hydrogen-bond donors (Lipinski definition) is 0. The summed E-state index contributed by atoms with van der Waals surface area (Å²) in [6.07, 6.45) is 11.2. The van der Waals surface area contributed by atoms with Gasteiger partial charge in [-0.1, -0.05) is 70.0 Å². The molecule has 2 rings (SSSR count). The van der Waals surface area contributed by atoms with Gasteiger partial charge in [-0.25, -0.2) is 9.59 Å². The Morgan fingerprint density at radius 1 is 0.919 bits per heavy atom. The van der Waals surface area contributed by atoms with Crippen molar-refractivity contribution in [2.45, 2.75) is 90.4 Å². The number of carbonyl (C=O) groups is 2. The molecule has 0 aromatic heterocycles. The molecule has 5 heteroatoms. The third-order valence-electron chi connectivity index (χ3n) is 7.68. The van der Waals surface area contributed by atoms with E-state index in [-0.39, 0.29) is 25.0 Å². The van der Waals surface area contributed by atoms with Crippen molar-refractivity contribution in [3.05, 3.63) is 59.7 Å². The largest absolute Gasteiger partial charge is 0.462 e. The molecular formula is C32H48O5. The quantitative estimate of drug-likeness (QED) is 0.130. The maximum Gasteiger partial charge on any atom is 0.333 e. The summed E-state index contributed by atoms with van der Waals surface area (Å²) in [7, 11) is 1.65. The lowest BCUT2D eigenvalue weighted by atomic mass is 9.76. The molecule has 0 bridgehead atoms. The molecule has 0 saturated heterocycles. The summed E-state index contributed by atoms with van der Waals surface area (Å²) in [5, 5.41) is 0. The van der Waals surface area contributed by atoms with Crippen molar-refractivity contribution < 1.29 is 23.8 Å². The number of rotatable bonds is 16. The molecule has 2 atom stereocenters. The van der Waals surface area contributed by atoms with Gasteiger partial charge in [0.15, 0.2) is 0 Å². The second kappa shape index (κ2) is 16.4. The minimum Gasteiger partial charge on any atom is -0.462 e. The molecular weight excluding hydrogens is 464 g/mol. The van der Waals surface area contributed by atoms with E-state index in [1.165, 1.54) is 56.9 Å². The van der Waals surface area contributed by atoms with Crippen molar-refractivity contribution in [2.24, 2.45) is 11.8 Å². The van der Waals surface area contributed by atoms with Gasteiger partial charge in [-0.05, 0) is 68.9 Å². The number of benzene rings is 1. The standard InChI is InChI=1S/C32H48O5/c1-7-8-9-10-25-11-13-26(14-12-25)27-15-17-28(18-16-27)30(22-37-32(34)24(4)5)29(19-20-35-6)21-36-31(33)23(2)3/h15-18,25-26,29-30H,2,4,7-14,19-22H2,1,3,5-6H3. The van der Waals surface area contributed by atoms with Crippen molar-refractivity contribution in [1.29, 1.82) is 0 Å². The van der Waals surface area contributed by atoms with Crippen LogP contribution in [0.25, 0.3) is 0 Å². The number of hydrogen-bond acceptors (Lipinski definition) is 5. The maximum absolute atomic E-state index is 12.2. The van der Waals surface area contributed by atoms with E-state index in [1.807, 2.05) is 0 Å². The minimum atomic E-state index is -0.416. The molecule has 0 spiro atoms. The molecule has 1 aliphatic rings. The first-order valence-corrected chi connectivity index (χ1v) is 14.0. The average molecular weight is 513 g/mol. The molecule has 0 aliphatic heterocycles. The van der Waals surface area contributed by atoms with Crippen LogP contribution >= 0.6 is 0 Å². The van der Waals surface area contributed by atoms with Crippen molar-refractivity contribution >= 4 is 11.9 Å². The highest BCUT2D eigenvalue weighted by atomic mass is 16.5. The van der Waals surface area contributed by atoms with Crippen molar-refractivity contribution in [3.8, 4) is 0 Å². The number of ether oxygens (including phenoxy) is 3. The fourth-order valence-corrected chi connectivity index (χ4v) is 5.25. The fourth-order valence-electron chi connectivity index (χ4n) is 5.25. The summed E-state index contributed by atoms with van der Waals surface area (Å²) in [5.41, 5.74) is 3.18. The van der Waals surface area contributed by atoms with Crippen LogP contribution in [0.5, 0.6) is 0 Å². The second-order valence-corrected chi connectivity index (χ2v) is 10.8. The Morgan fingerprint density at radius 2 is 1.51 bits per heavy atom. The Kier molecular flexibility index (Phi) is 13.7. The Morgan fingerprint density at radius 3 is 2.05 bits per heavy atom. The molecule has 0 heterocycles. The van der Waals surface area contributed by atoms with E-state index in [2.05, 4.69) is 44.3 Å². The first-order valence-electron chi connectivity index (χ1n) is 14.0. The predicted molar refractivity (Wildman–Crippen MR) is 150 cm³/mol. The van der Waals surface area contributed by atoms with E-state index in [4.69, 9.17) is 14.2 Å². The van der Waals surface area contributed by atoms with Crippen LogP contribution < -0.4 is 0 Å². The average Bonchev–Trinajstić information content (AvgIpc) is 2.90. The van der Waals surface area contributed by atoms with E-state index >= 15 is 0 Å². The first kappa shape index (κ1) is 30.8. The van der Waals surface area contributed by atoms with E-state index in [9.17, 15) is 9.59 Å². The van der Waals surface area contributed by atoms with Gasteiger partial charge >= 0.3 is 11.9 Å². The highest BCUT2D eigenvalue weighted by molar-refractivity contribution is 5.87. The summed E-state index contributed by atoms with van der Waals surface area (Å²) >= 11 is 0. The molecule has 1 saturated carbocycles. The minimum absolute atomic E-state index is 0.0782. The van der Waals surface area contributed by atoms with E-state index < -0.39 is 11.9 Å². The Hall–Kier alpha value is -2.40. The molecule has 1 aromatic carbocycles. The topological polar surface area (TPSA) is 61.8 Å². The van der Waals surface area contributed by atoms with E-state index in [0.29, 0.717) is 30.1 Å². The van der Waals surface area contributed by atoms with Gasteiger partial charge in [0.2, 0.25) is 0 Å².